The van der Waals surface area contributed by atoms with E-state index in [2.05, 4.69) is 27.9 Å². The van der Waals surface area contributed by atoms with Crippen molar-refractivity contribution in [3.8, 4) is 11.5 Å². The van der Waals surface area contributed by atoms with Crippen LogP contribution in [-0.4, -0.2) is 62.3 Å². The van der Waals surface area contributed by atoms with Crippen LogP contribution in [0, 0.1) is 5.82 Å². The summed E-state index contributed by atoms with van der Waals surface area (Å²) in [7, 11) is 3.07. The predicted molar refractivity (Wildman–Crippen MR) is 111 cm³/mol. The summed E-state index contributed by atoms with van der Waals surface area (Å²) in [6, 6.07) is 12.7. The van der Waals surface area contributed by atoms with Crippen molar-refractivity contribution in [3.05, 3.63) is 59.4 Å². The van der Waals surface area contributed by atoms with Crippen LogP contribution in [0.15, 0.2) is 42.5 Å². The van der Waals surface area contributed by atoms with Gasteiger partial charge < -0.3 is 14.4 Å². The van der Waals surface area contributed by atoms with E-state index in [0.29, 0.717) is 18.7 Å². The minimum Gasteiger partial charge on any atom is -0.497 e. The van der Waals surface area contributed by atoms with Crippen molar-refractivity contribution in [2.45, 2.75) is 18.6 Å². The number of amides is 1. The van der Waals surface area contributed by atoms with Crippen LogP contribution < -0.4 is 20.3 Å². The van der Waals surface area contributed by atoms with Crippen molar-refractivity contribution < 1.29 is 18.7 Å². The third-order valence-corrected chi connectivity index (χ3v) is 5.84. The summed E-state index contributed by atoms with van der Waals surface area (Å²) < 4.78 is 24.1. The maximum Gasteiger partial charge on any atom is 0.254 e. The van der Waals surface area contributed by atoms with Gasteiger partial charge in [-0.2, -0.15) is 0 Å². The van der Waals surface area contributed by atoms with Crippen LogP contribution in [0.5, 0.6) is 11.5 Å². The summed E-state index contributed by atoms with van der Waals surface area (Å²) in [5.41, 5.74) is 8.30. The number of methoxy groups -OCH3 is 2. The Labute approximate surface area is 175 Å². The second-order valence-electron chi connectivity index (χ2n) is 7.54. The van der Waals surface area contributed by atoms with E-state index in [9.17, 15) is 9.18 Å². The Balaban J connectivity index is 1.31. The molecule has 8 heteroatoms. The molecule has 2 atom stereocenters. The van der Waals surface area contributed by atoms with Crippen LogP contribution in [0.4, 0.5) is 4.39 Å². The average Bonchev–Trinajstić information content (AvgIpc) is 3.29. The molecule has 2 N–H and O–H groups in total. The maximum absolute atomic E-state index is 13.9. The van der Waals surface area contributed by atoms with Crippen molar-refractivity contribution >= 4 is 5.91 Å². The monoisotopic (exact) mass is 414 g/mol. The zero-order valence-electron chi connectivity index (χ0n) is 17.2. The van der Waals surface area contributed by atoms with E-state index in [1.807, 2.05) is 12.1 Å². The van der Waals surface area contributed by atoms with E-state index in [1.54, 1.807) is 18.1 Å². The fraction of sp³-hybridized carbons (Fsp3) is 0.409. The van der Waals surface area contributed by atoms with Crippen LogP contribution in [-0.2, 0) is 0 Å². The number of nitrogens with one attached hydrogen (secondary N) is 2. The minimum atomic E-state index is -0.521. The largest absolute Gasteiger partial charge is 0.497 e. The van der Waals surface area contributed by atoms with Gasteiger partial charge in [0.2, 0.25) is 0 Å². The molecular formula is C22H27FN4O3. The first-order chi connectivity index (χ1) is 14.6. The number of hydrazine groups is 1. The maximum atomic E-state index is 13.9. The summed E-state index contributed by atoms with van der Waals surface area (Å²) in [6.07, 6.45) is 1.14. The second-order valence-corrected chi connectivity index (χ2v) is 7.54. The normalized spacial score (nSPS) is 22.2. The Morgan fingerprint density at radius 2 is 1.73 bits per heavy atom. The number of carbonyl (C=O) groups excluding carboxylic acids is 1. The molecule has 7 nitrogen and oxygen atoms in total. The SMILES string of the molecule is COc1ccc(C2CC(N3CCN(C(=O)c4ccc(OC)c(F)c4)CC3)NN2)cc1. The van der Waals surface area contributed by atoms with Gasteiger partial charge in [0.1, 0.15) is 5.75 Å². The molecule has 0 aromatic heterocycles. The molecule has 2 aliphatic heterocycles. The summed E-state index contributed by atoms with van der Waals surface area (Å²) in [5, 5.41) is 0. The summed E-state index contributed by atoms with van der Waals surface area (Å²) in [5.74, 6) is 0.319. The highest BCUT2D eigenvalue weighted by Crippen LogP contribution is 2.26. The molecule has 30 heavy (non-hydrogen) atoms. The molecule has 4 rings (SSSR count). The van der Waals surface area contributed by atoms with Crippen molar-refractivity contribution in [1.29, 1.82) is 0 Å². The van der Waals surface area contributed by atoms with Crippen molar-refractivity contribution in [2.75, 3.05) is 40.4 Å². The number of piperazine rings is 1. The highest BCUT2D eigenvalue weighted by molar-refractivity contribution is 5.94. The van der Waals surface area contributed by atoms with E-state index in [0.717, 1.165) is 25.3 Å². The molecule has 160 valence electrons. The van der Waals surface area contributed by atoms with E-state index >= 15 is 0 Å². The lowest BCUT2D eigenvalue weighted by Gasteiger charge is -2.37. The number of ether oxygens (including phenoxy) is 2. The third kappa shape index (κ3) is 4.26. The molecule has 2 unspecified atom stereocenters. The van der Waals surface area contributed by atoms with Gasteiger partial charge in [-0.3, -0.25) is 9.69 Å². The lowest BCUT2D eigenvalue weighted by atomic mass is 10.0. The van der Waals surface area contributed by atoms with Gasteiger partial charge in [-0.05, 0) is 42.3 Å². The number of benzene rings is 2. The van der Waals surface area contributed by atoms with Gasteiger partial charge in [0.25, 0.3) is 5.91 Å². The van der Waals surface area contributed by atoms with E-state index in [1.165, 1.54) is 24.8 Å². The van der Waals surface area contributed by atoms with Crippen LogP contribution in [0.2, 0.25) is 0 Å². The number of rotatable bonds is 5. The third-order valence-electron chi connectivity index (χ3n) is 5.84. The molecule has 0 radical (unpaired) electrons. The van der Waals surface area contributed by atoms with Crippen LogP contribution in [0.1, 0.15) is 28.4 Å². The number of hydrogen-bond donors (Lipinski definition) is 2. The number of hydrogen-bond acceptors (Lipinski definition) is 6. The van der Waals surface area contributed by atoms with Crippen LogP contribution in [0.3, 0.4) is 0 Å². The predicted octanol–water partition coefficient (Wildman–Crippen LogP) is 2.17. The van der Waals surface area contributed by atoms with E-state index in [-0.39, 0.29) is 23.9 Å². The Hall–Kier alpha value is -2.68. The number of carbonyl (C=O) groups is 1. The fourth-order valence-corrected chi connectivity index (χ4v) is 4.05. The molecule has 0 saturated carbocycles. The van der Waals surface area contributed by atoms with E-state index in [4.69, 9.17) is 9.47 Å². The average molecular weight is 414 g/mol. The first kappa shape index (κ1) is 20.6. The van der Waals surface area contributed by atoms with Gasteiger partial charge in [0, 0.05) is 37.8 Å². The molecule has 2 aromatic rings. The number of halogens is 1. The molecule has 0 spiro atoms. The molecule has 2 fully saturated rings. The Morgan fingerprint density at radius 3 is 2.37 bits per heavy atom. The Kier molecular flexibility index (Phi) is 6.17. The van der Waals surface area contributed by atoms with Crippen LogP contribution in [0.25, 0.3) is 0 Å². The molecule has 0 bridgehead atoms. The van der Waals surface area contributed by atoms with E-state index < -0.39 is 5.82 Å². The first-order valence-corrected chi connectivity index (χ1v) is 10.1. The fourth-order valence-electron chi connectivity index (χ4n) is 4.05. The molecule has 2 aliphatic rings. The smallest absolute Gasteiger partial charge is 0.254 e. The lowest BCUT2D eigenvalue weighted by molar-refractivity contribution is 0.0544. The van der Waals surface area contributed by atoms with Gasteiger partial charge in [-0.25, -0.2) is 15.2 Å². The quantitative estimate of drug-likeness (QED) is 0.782. The zero-order valence-corrected chi connectivity index (χ0v) is 17.2. The molecule has 1 amide bonds. The van der Waals surface area contributed by atoms with Crippen molar-refractivity contribution in [3.63, 3.8) is 0 Å². The zero-order chi connectivity index (χ0) is 21.1. The molecule has 2 saturated heterocycles. The molecule has 0 aliphatic carbocycles. The van der Waals surface area contributed by atoms with Crippen molar-refractivity contribution in [1.82, 2.24) is 20.7 Å². The first-order valence-electron chi connectivity index (χ1n) is 10.1. The molecule has 2 aromatic carbocycles. The van der Waals surface area contributed by atoms with Crippen molar-refractivity contribution in [2.24, 2.45) is 0 Å². The summed E-state index contributed by atoms with van der Waals surface area (Å²) in [6.45, 7) is 2.74. The van der Waals surface area contributed by atoms with Gasteiger partial charge in [-0.1, -0.05) is 12.1 Å². The molecule has 2 heterocycles. The lowest BCUT2D eigenvalue weighted by Crippen LogP contribution is -2.55. The van der Waals surface area contributed by atoms with Gasteiger partial charge in [-0.15, -0.1) is 0 Å². The van der Waals surface area contributed by atoms with Gasteiger partial charge in [0.05, 0.1) is 20.4 Å². The minimum absolute atomic E-state index is 0.141. The summed E-state index contributed by atoms with van der Waals surface area (Å²) >= 11 is 0. The topological polar surface area (TPSA) is 66.1 Å². The highest BCUT2D eigenvalue weighted by Gasteiger charge is 2.32. The molecular weight excluding hydrogens is 387 g/mol. The summed E-state index contributed by atoms with van der Waals surface area (Å²) in [4.78, 5) is 16.9. The Morgan fingerprint density at radius 1 is 1.00 bits per heavy atom. The van der Waals surface area contributed by atoms with Crippen LogP contribution >= 0.6 is 0 Å². The standard InChI is InChI=1S/C22H27FN4O3/c1-29-17-6-3-15(4-7-17)19-14-21(25-24-19)26-9-11-27(12-10-26)22(28)16-5-8-20(30-2)18(23)13-16/h3-8,13,19,21,24-25H,9-12,14H2,1-2H3. The Bertz CT molecular complexity index is 884. The second kappa shape index (κ2) is 8.99. The highest BCUT2D eigenvalue weighted by atomic mass is 19.1. The van der Waals surface area contributed by atoms with Gasteiger partial charge in [0.15, 0.2) is 11.6 Å². The number of nitrogens with zero attached hydrogens (tertiary/aromatic N) is 2. The van der Waals surface area contributed by atoms with Gasteiger partial charge >= 0.3 is 0 Å².